The lowest BCUT2D eigenvalue weighted by molar-refractivity contribution is -0.147. The first-order valence-corrected chi connectivity index (χ1v) is 12.8. The minimum Gasteiger partial charge on any atom is -0.507 e. The number of carbonyl (C=O) groups is 4. The second-order valence-electron chi connectivity index (χ2n) is 11.4. The highest BCUT2D eigenvalue weighted by Gasteiger charge is 2.37. The van der Waals surface area contributed by atoms with Crippen LogP contribution in [0.2, 0.25) is 0 Å². The van der Waals surface area contributed by atoms with E-state index in [1.807, 2.05) is 6.08 Å². The van der Waals surface area contributed by atoms with Crippen LogP contribution < -0.4 is 10.6 Å². The van der Waals surface area contributed by atoms with Crippen molar-refractivity contribution in [2.75, 3.05) is 6.54 Å². The van der Waals surface area contributed by atoms with Gasteiger partial charge in [0.2, 0.25) is 0 Å². The zero-order chi connectivity index (χ0) is 27.8. The van der Waals surface area contributed by atoms with E-state index in [0.29, 0.717) is 25.8 Å². The molecule has 204 valence electrons. The topological polar surface area (TPSA) is 131 Å². The summed E-state index contributed by atoms with van der Waals surface area (Å²) in [7, 11) is 0. The average molecular weight is 517 g/mol. The van der Waals surface area contributed by atoms with E-state index in [4.69, 9.17) is 9.47 Å². The van der Waals surface area contributed by atoms with Gasteiger partial charge in [-0.2, -0.15) is 0 Å². The fourth-order valence-corrected chi connectivity index (χ4v) is 4.27. The molecule has 1 aliphatic carbocycles. The standard InChI is InChI=1S/C28H40N2O7/c1-27(2,3)36-22(32)14-8-12-18-10-7-11-19(18)15-16-21(31)23-24(33)20(30-25(23)34)13-9-17-29-26(35)37-28(4,5)6/h15-16,18-20,31H,7,9-13,17H2,1-6H3,(H,29,35)(H,30,34)/b16-15+,23-21-/t18-,19?,20?/m1/s1. The summed E-state index contributed by atoms with van der Waals surface area (Å²) in [5, 5.41) is 15.7. The van der Waals surface area contributed by atoms with E-state index in [9.17, 15) is 24.3 Å². The Balaban J connectivity index is 1.90. The first-order valence-electron chi connectivity index (χ1n) is 12.8. The van der Waals surface area contributed by atoms with Gasteiger partial charge in [0, 0.05) is 18.9 Å². The Morgan fingerprint density at radius 2 is 1.78 bits per heavy atom. The summed E-state index contributed by atoms with van der Waals surface area (Å²) in [5.74, 6) is 3.77. The van der Waals surface area contributed by atoms with Gasteiger partial charge in [-0.05, 0) is 85.1 Å². The molecule has 1 aliphatic heterocycles. The quantitative estimate of drug-likeness (QED) is 0.0890. The van der Waals surface area contributed by atoms with Gasteiger partial charge in [-0.25, -0.2) is 9.59 Å². The first-order chi connectivity index (χ1) is 17.2. The summed E-state index contributed by atoms with van der Waals surface area (Å²) in [4.78, 5) is 48.6. The van der Waals surface area contributed by atoms with Crippen molar-refractivity contribution in [3.63, 3.8) is 0 Å². The van der Waals surface area contributed by atoms with Gasteiger partial charge in [0.25, 0.3) is 5.91 Å². The Hall–Kier alpha value is -3.28. The highest BCUT2D eigenvalue weighted by Crippen LogP contribution is 2.35. The largest absolute Gasteiger partial charge is 0.507 e. The van der Waals surface area contributed by atoms with Crippen LogP contribution in [0.1, 0.15) is 80.1 Å². The molecule has 3 atom stereocenters. The number of esters is 1. The molecule has 1 saturated heterocycles. The molecule has 2 aliphatic rings. The second kappa shape index (κ2) is 12.8. The maximum Gasteiger partial charge on any atom is 0.407 e. The van der Waals surface area contributed by atoms with Crippen LogP contribution in [0.5, 0.6) is 0 Å². The number of alkyl carbamates (subject to hydrolysis) is 1. The van der Waals surface area contributed by atoms with Crippen molar-refractivity contribution in [3.05, 3.63) is 23.5 Å². The lowest BCUT2D eigenvalue weighted by Gasteiger charge is -2.19. The lowest BCUT2D eigenvalue weighted by atomic mass is 9.92. The van der Waals surface area contributed by atoms with Crippen LogP contribution in [0.25, 0.3) is 0 Å². The molecule has 0 aromatic heterocycles. The highest BCUT2D eigenvalue weighted by atomic mass is 16.6. The summed E-state index contributed by atoms with van der Waals surface area (Å²) < 4.78 is 10.4. The second-order valence-corrected chi connectivity index (χ2v) is 11.4. The van der Waals surface area contributed by atoms with Crippen LogP contribution in [-0.4, -0.2) is 52.6 Å². The van der Waals surface area contributed by atoms with Crippen LogP contribution in [0, 0.1) is 23.7 Å². The van der Waals surface area contributed by atoms with Crippen molar-refractivity contribution >= 4 is 23.8 Å². The van der Waals surface area contributed by atoms with Gasteiger partial charge in [0.05, 0.1) is 6.04 Å². The zero-order valence-corrected chi connectivity index (χ0v) is 22.7. The summed E-state index contributed by atoms with van der Waals surface area (Å²) in [5.41, 5.74) is -1.44. The van der Waals surface area contributed by atoms with E-state index >= 15 is 0 Å². The lowest BCUT2D eigenvalue weighted by Crippen LogP contribution is -2.34. The number of carbonyl (C=O) groups excluding carboxylic acids is 4. The van der Waals surface area contributed by atoms with E-state index in [2.05, 4.69) is 22.5 Å². The molecular weight excluding hydrogens is 476 g/mol. The molecule has 0 spiro atoms. The Kier molecular flexibility index (Phi) is 10.4. The number of hydrogen-bond donors (Lipinski definition) is 3. The van der Waals surface area contributed by atoms with Crippen LogP contribution in [-0.2, 0) is 23.9 Å². The van der Waals surface area contributed by atoms with Crippen molar-refractivity contribution in [1.82, 2.24) is 10.6 Å². The number of hydrogen-bond acceptors (Lipinski definition) is 7. The maximum absolute atomic E-state index is 12.7. The van der Waals surface area contributed by atoms with Gasteiger partial charge in [0.15, 0.2) is 5.78 Å². The van der Waals surface area contributed by atoms with Gasteiger partial charge in [-0.1, -0.05) is 18.4 Å². The van der Waals surface area contributed by atoms with Crippen LogP contribution in [0.15, 0.2) is 23.5 Å². The number of Topliss-reactive ketones (excluding diaryl/α,β-unsaturated/α-hetero) is 1. The van der Waals surface area contributed by atoms with E-state index < -0.39 is 41.0 Å². The number of nitrogens with one attached hydrogen (secondary N) is 2. The molecule has 1 saturated carbocycles. The molecule has 0 bridgehead atoms. The van der Waals surface area contributed by atoms with Gasteiger partial charge >= 0.3 is 12.1 Å². The SMILES string of the molecule is CC(C)(C)OC(=O)C#CC[C@H]1CCCC1/C=C/C(O)=C1/C(=O)NC(CCCNC(=O)OC(C)(C)C)C1=O. The van der Waals surface area contributed by atoms with Gasteiger partial charge in [-0.15, -0.1) is 0 Å². The van der Waals surface area contributed by atoms with Crippen LogP contribution in [0.3, 0.4) is 0 Å². The van der Waals surface area contributed by atoms with Gasteiger partial charge in [0.1, 0.15) is 22.5 Å². The molecular formula is C28H40N2O7. The van der Waals surface area contributed by atoms with E-state index in [-0.39, 0.29) is 23.2 Å². The molecule has 2 rings (SSSR count). The third-order valence-electron chi connectivity index (χ3n) is 5.86. The molecule has 2 amide bonds. The molecule has 0 radical (unpaired) electrons. The van der Waals surface area contributed by atoms with Crippen LogP contribution in [0.4, 0.5) is 4.79 Å². The minimum absolute atomic E-state index is 0.116. The van der Waals surface area contributed by atoms with Crippen molar-refractivity contribution in [3.8, 4) is 11.8 Å². The Morgan fingerprint density at radius 1 is 1.11 bits per heavy atom. The number of ketones is 1. The number of rotatable bonds is 7. The summed E-state index contributed by atoms with van der Waals surface area (Å²) in [6, 6.07) is -0.749. The monoisotopic (exact) mass is 516 g/mol. The predicted molar refractivity (Wildman–Crippen MR) is 138 cm³/mol. The summed E-state index contributed by atoms with van der Waals surface area (Å²) >= 11 is 0. The van der Waals surface area contributed by atoms with Gasteiger partial charge in [-0.3, -0.25) is 9.59 Å². The molecule has 37 heavy (non-hydrogen) atoms. The van der Waals surface area contributed by atoms with Crippen molar-refractivity contribution in [1.29, 1.82) is 0 Å². The number of allylic oxidation sites excluding steroid dienone is 2. The summed E-state index contributed by atoms with van der Waals surface area (Å²) in [6.45, 7) is 10.9. The molecule has 0 aromatic carbocycles. The molecule has 0 aromatic rings. The molecule has 9 heteroatoms. The van der Waals surface area contributed by atoms with E-state index in [0.717, 1.165) is 19.3 Å². The third kappa shape index (κ3) is 10.3. The Bertz CT molecular complexity index is 1000. The van der Waals surface area contributed by atoms with Crippen molar-refractivity contribution in [2.45, 2.75) is 97.3 Å². The van der Waals surface area contributed by atoms with Gasteiger partial charge < -0.3 is 25.2 Å². The number of aliphatic hydroxyl groups is 1. The Labute approximate surface area is 219 Å². The Morgan fingerprint density at radius 3 is 2.43 bits per heavy atom. The molecule has 2 unspecified atom stereocenters. The highest BCUT2D eigenvalue weighted by molar-refractivity contribution is 6.27. The minimum atomic E-state index is -0.749. The smallest absolute Gasteiger partial charge is 0.407 e. The number of ether oxygens (including phenoxy) is 2. The molecule has 9 nitrogen and oxygen atoms in total. The van der Waals surface area contributed by atoms with Crippen LogP contribution >= 0.6 is 0 Å². The fourth-order valence-electron chi connectivity index (χ4n) is 4.27. The maximum atomic E-state index is 12.7. The number of aliphatic hydroxyl groups excluding tert-OH is 1. The molecule has 2 fully saturated rings. The zero-order valence-electron chi connectivity index (χ0n) is 22.7. The van der Waals surface area contributed by atoms with E-state index in [1.54, 1.807) is 41.5 Å². The fraction of sp³-hybridized carbons (Fsp3) is 0.643. The normalized spacial score (nSPS) is 23.4. The van der Waals surface area contributed by atoms with Crippen molar-refractivity contribution in [2.24, 2.45) is 11.8 Å². The van der Waals surface area contributed by atoms with Crippen molar-refractivity contribution < 1.29 is 33.8 Å². The predicted octanol–water partition coefficient (Wildman–Crippen LogP) is 3.88. The number of amides is 2. The third-order valence-corrected chi connectivity index (χ3v) is 5.86. The first kappa shape index (κ1) is 29.9. The summed E-state index contributed by atoms with van der Waals surface area (Å²) in [6.07, 6.45) is 6.81. The van der Waals surface area contributed by atoms with E-state index in [1.165, 1.54) is 6.08 Å². The molecule has 1 heterocycles. The molecule has 3 N–H and O–H groups in total. The average Bonchev–Trinajstić information content (AvgIpc) is 3.30.